The molecule has 0 saturated heterocycles. The molecule has 0 fully saturated rings. The zero-order valence-electron chi connectivity index (χ0n) is 19.6. The summed E-state index contributed by atoms with van der Waals surface area (Å²) in [5.74, 6) is -2.36. The van der Waals surface area contributed by atoms with Gasteiger partial charge in [-0.05, 0) is 48.7 Å². The number of esters is 1. The Labute approximate surface area is 215 Å². The number of benzene rings is 2. The molecule has 36 heavy (non-hydrogen) atoms. The van der Waals surface area contributed by atoms with Gasteiger partial charge in [0.25, 0.3) is 11.5 Å². The van der Waals surface area contributed by atoms with E-state index in [-0.39, 0.29) is 26.2 Å². The van der Waals surface area contributed by atoms with Crippen molar-refractivity contribution in [3.05, 3.63) is 89.3 Å². The van der Waals surface area contributed by atoms with Crippen molar-refractivity contribution in [3.63, 3.8) is 0 Å². The predicted molar refractivity (Wildman–Crippen MR) is 139 cm³/mol. The van der Waals surface area contributed by atoms with Gasteiger partial charge in [0.15, 0.2) is 0 Å². The van der Waals surface area contributed by atoms with Crippen LogP contribution < -0.4 is 25.8 Å². The van der Waals surface area contributed by atoms with Crippen molar-refractivity contribution in [2.75, 3.05) is 12.4 Å². The Bertz CT molecular complexity index is 1680. The van der Waals surface area contributed by atoms with Crippen LogP contribution in [0.3, 0.4) is 0 Å². The standard InChI is InChI=1S/C26H21ClN4O4S/c1-13-8-9-15(10-14(13)2)30-24(33)22-21(16-6-4-5-7-18(16)27)17(12-28)23(29)31-25(34)19(36-26(22)31)11-20(32)35-3/h4-11,21H,29H2,1-3H3,(H,30,33)/b19-11-/t21-/m0/s1. The smallest absolute Gasteiger partial charge is 0.332 e. The first-order chi connectivity index (χ1) is 17.2. The number of thiazole rings is 1. The van der Waals surface area contributed by atoms with E-state index >= 15 is 0 Å². The number of amides is 1. The molecule has 0 spiro atoms. The number of allylic oxidation sites excluding steroid dienone is 1. The van der Waals surface area contributed by atoms with Gasteiger partial charge in [-0.1, -0.05) is 35.9 Å². The highest BCUT2D eigenvalue weighted by Crippen LogP contribution is 2.39. The lowest BCUT2D eigenvalue weighted by Gasteiger charge is -2.26. The summed E-state index contributed by atoms with van der Waals surface area (Å²) in [6.45, 7) is 3.88. The van der Waals surface area contributed by atoms with E-state index in [0.717, 1.165) is 33.1 Å². The van der Waals surface area contributed by atoms with Crippen molar-refractivity contribution in [1.82, 2.24) is 4.57 Å². The fourth-order valence-electron chi connectivity index (χ4n) is 3.97. The summed E-state index contributed by atoms with van der Waals surface area (Å²) in [5, 5.41) is 13.3. The molecular formula is C26H21ClN4O4S. The Morgan fingerprint density at radius 1 is 1.22 bits per heavy atom. The van der Waals surface area contributed by atoms with Gasteiger partial charge in [0.2, 0.25) is 0 Å². The second-order valence-corrected chi connectivity index (χ2v) is 9.55. The van der Waals surface area contributed by atoms with Gasteiger partial charge in [-0.2, -0.15) is 5.26 Å². The van der Waals surface area contributed by atoms with Gasteiger partial charge in [-0.15, -0.1) is 11.3 Å². The number of anilines is 1. The van der Waals surface area contributed by atoms with Gasteiger partial charge in [0.1, 0.15) is 15.0 Å². The minimum Gasteiger partial charge on any atom is -0.466 e. The van der Waals surface area contributed by atoms with Gasteiger partial charge in [0, 0.05) is 16.8 Å². The molecule has 0 radical (unpaired) electrons. The normalized spacial score (nSPS) is 15.4. The van der Waals surface area contributed by atoms with Gasteiger partial charge >= 0.3 is 5.97 Å². The first-order valence-corrected chi connectivity index (χ1v) is 12.0. The average molecular weight is 521 g/mol. The summed E-state index contributed by atoms with van der Waals surface area (Å²) in [5.41, 5.74) is 8.84. The van der Waals surface area contributed by atoms with Crippen LogP contribution in [0.15, 0.2) is 52.8 Å². The molecule has 0 bridgehead atoms. The molecule has 3 aromatic rings. The summed E-state index contributed by atoms with van der Waals surface area (Å²) in [7, 11) is 1.19. The molecule has 2 heterocycles. The minimum absolute atomic E-state index is 0.00776. The molecule has 0 saturated carbocycles. The van der Waals surface area contributed by atoms with Gasteiger partial charge in [0.05, 0.1) is 30.2 Å². The Balaban J connectivity index is 2.06. The van der Waals surface area contributed by atoms with Crippen LogP contribution in [0.5, 0.6) is 0 Å². The second kappa shape index (κ2) is 9.85. The lowest BCUT2D eigenvalue weighted by Crippen LogP contribution is -2.41. The number of aryl methyl sites for hydroxylation is 2. The number of fused-ring (bicyclic) bond motifs is 1. The lowest BCUT2D eigenvalue weighted by molar-refractivity contribution is -0.133. The van der Waals surface area contributed by atoms with E-state index in [2.05, 4.69) is 16.1 Å². The maximum Gasteiger partial charge on any atom is 0.332 e. The lowest BCUT2D eigenvalue weighted by atomic mass is 9.83. The number of hydrogen-bond donors (Lipinski definition) is 2. The highest BCUT2D eigenvalue weighted by molar-refractivity contribution is 7.07. The molecule has 1 aromatic heterocycles. The Kier molecular flexibility index (Phi) is 6.84. The van der Waals surface area contributed by atoms with Crippen molar-refractivity contribution in [1.29, 1.82) is 5.26 Å². The van der Waals surface area contributed by atoms with E-state index in [9.17, 15) is 19.6 Å². The van der Waals surface area contributed by atoms with E-state index in [1.165, 1.54) is 7.11 Å². The summed E-state index contributed by atoms with van der Waals surface area (Å²) in [6.07, 6.45) is 1.03. The number of nitrogens with two attached hydrogens (primary N) is 1. The van der Waals surface area contributed by atoms with E-state index in [0.29, 0.717) is 16.3 Å². The number of ether oxygens (including phenoxy) is 1. The number of nitrogens with zero attached hydrogens (tertiary/aromatic N) is 2. The highest BCUT2D eigenvalue weighted by Gasteiger charge is 2.36. The minimum atomic E-state index is -0.945. The monoisotopic (exact) mass is 520 g/mol. The molecule has 0 unspecified atom stereocenters. The summed E-state index contributed by atoms with van der Waals surface area (Å²) < 4.78 is 5.94. The molecule has 0 aliphatic carbocycles. The number of rotatable bonds is 4. The molecule has 1 aliphatic heterocycles. The molecule has 1 amide bonds. The Morgan fingerprint density at radius 3 is 2.58 bits per heavy atom. The van der Waals surface area contributed by atoms with E-state index in [1.54, 1.807) is 30.3 Å². The maximum atomic E-state index is 13.8. The zero-order valence-corrected chi connectivity index (χ0v) is 21.2. The molecule has 182 valence electrons. The first-order valence-electron chi connectivity index (χ1n) is 10.8. The van der Waals surface area contributed by atoms with E-state index < -0.39 is 23.4 Å². The molecule has 4 rings (SSSR count). The van der Waals surface area contributed by atoms with Crippen molar-refractivity contribution >= 4 is 58.0 Å². The average Bonchev–Trinajstić information content (AvgIpc) is 3.17. The topological polar surface area (TPSA) is 127 Å². The van der Waals surface area contributed by atoms with Crippen molar-refractivity contribution in [2.45, 2.75) is 19.8 Å². The number of halogens is 1. The quantitative estimate of drug-likeness (QED) is 0.508. The zero-order chi connectivity index (χ0) is 26.1. The molecule has 2 aromatic carbocycles. The van der Waals surface area contributed by atoms with E-state index in [4.69, 9.17) is 17.3 Å². The third-order valence-electron chi connectivity index (χ3n) is 5.94. The number of nitriles is 1. The van der Waals surface area contributed by atoms with Gasteiger partial charge in [-0.25, -0.2) is 4.79 Å². The fraction of sp³-hybridized carbons (Fsp3) is 0.154. The molecule has 3 N–H and O–H groups in total. The number of aromatic nitrogens is 1. The van der Waals surface area contributed by atoms with Crippen LogP contribution in [-0.4, -0.2) is 23.6 Å². The van der Waals surface area contributed by atoms with Crippen LogP contribution in [0.4, 0.5) is 5.69 Å². The van der Waals surface area contributed by atoms with Gasteiger partial charge in [-0.3, -0.25) is 14.2 Å². The number of carbonyl (C=O) groups excluding carboxylic acids is 2. The van der Waals surface area contributed by atoms with Crippen molar-refractivity contribution in [2.24, 2.45) is 5.73 Å². The van der Waals surface area contributed by atoms with Gasteiger partial charge < -0.3 is 15.8 Å². The molecular weight excluding hydrogens is 500 g/mol. The Hall–Kier alpha value is -4.13. The largest absolute Gasteiger partial charge is 0.466 e. The molecule has 10 heteroatoms. The summed E-state index contributed by atoms with van der Waals surface area (Å²) in [4.78, 5) is 38.9. The predicted octanol–water partition coefficient (Wildman–Crippen LogP) is 2.37. The molecule has 1 atom stereocenters. The van der Waals surface area contributed by atoms with Crippen LogP contribution >= 0.6 is 22.9 Å². The summed E-state index contributed by atoms with van der Waals surface area (Å²) in [6, 6.07) is 14.3. The van der Waals surface area contributed by atoms with Crippen LogP contribution in [0, 0.1) is 25.2 Å². The third kappa shape index (κ3) is 4.33. The third-order valence-corrected chi connectivity index (χ3v) is 7.40. The first kappa shape index (κ1) is 25.0. The SMILES string of the molecule is COC(=O)/C=c1\sc2n(c1=O)C(N)=C(C#N)[C@H](c1ccccc1Cl)C=2C(=O)Nc1ccc(C)c(C)c1. The number of nitrogens with one attached hydrogen (secondary N) is 1. The van der Waals surface area contributed by atoms with Crippen LogP contribution in [0.2, 0.25) is 5.02 Å². The fourth-order valence-corrected chi connectivity index (χ4v) is 5.35. The maximum absolute atomic E-state index is 13.8. The van der Waals surface area contributed by atoms with Crippen LogP contribution in [0.1, 0.15) is 22.6 Å². The molecule has 1 aliphatic rings. The molecule has 8 nitrogen and oxygen atoms in total. The number of carbonyl (C=O) groups is 2. The Morgan fingerprint density at radius 2 is 1.94 bits per heavy atom. The van der Waals surface area contributed by atoms with Crippen LogP contribution in [-0.2, 0) is 14.3 Å². The van der Waals surface area contributed by atoms with Crippen LogP contribution in [0.25, 0.3) is 17.5 Å². The van der Waals surface area contributed by atoms with Crippen molar-refractivity contribution < 1.29 is 14.3 Å². The second-order valence-electron chi connectivity index (χ2n) is 8.11. The number of hydrogen-bond acceptors (Lipinski definition) is 7. The van der Waals surface area contributed by atoms with E-state index in [1.807, 2.05) is 26.0 Å². The highest BCUT2D eigenvalue weighted by atomic mass is 35.5. The van der Waals surface area contributed by atoms with Crippen molar-refractivity contribution in [3.8, 4) is 6.07 Å². The summed E-state index contributed by atoms with van der Waals surface area (Å²) >= 11 is 7.41. The number of methoxy groups -OCH3 is 1.